The second-order valence-corrected chi connectivity index (χ2v) is 8.46. The standard InChI is InChI=1S/C22H27N2O3S/c1-15-6-7-16(2)18(12-15)23-14-22(25,24-10-5-11-28-21(23)24)17-8-9-19(26-3)20(13-17)27-4/h6-9,12-13,25H,5,10-11,14H2,1-4H3/q+1/t22-/m0/s1. The van der Waals surface area contributed by atoms with E-state index >= 15 is 0 Å². The Labute approximate surface area is 170 Å². The minimum absolute atomic E-state index is 0.481. The normalized spacial score (nSPS) is 21.7. The summed E-state index contributed by atoms with van der Waals surface area (Å²) in [6, 6.07) is 12.2. The molecule has 148 valence electrons. The zero-order chi connectivity index (χ0) is 19.9. The summed E-state index contributed by atoms with van der Waals surface area (Å²) in [6.07, 6.45) is 1.05. The van der Waals surface area contributed by atoms with Crippen LogP contribution in [0.2, 0.25) is 0 Å². The highest BCUT2D eigenvalue weighted by Gasteiger charge is 2.53. The molecule has 0 spiro atoms. The van der Waals surface area contributed by atoms with E-state index in [9.17, 15) is 5.11 Å². The Balaban J connectivity index is 1.82. The van der Waals surface area contributed by atoms with Crippen LogP contribution in [-0.4, -0.2) is 47.9 Å². The molecular weight excluding hydrogens is 372 g/mol. The number of hydrogen-bond donors (Lipinski definition) is 1. The third-order valence-electron chi connectivity index (χ3n) is 5.55. The van der Waals surface area contributed by atoms with Gasteiger partial charge in [-0.3, -0.25) is 0 Å². The van der Waals surface area contributed by atoms with E-state index in [1.54, 1.807) is 14.2 Å². The summed E-state index contributed by atoms with van der Waals surface area (Å²) in [5.41, 5.74) is 3.29. The van der Waals surface area contributed by atoms with Crippen molar-refractivity contribution in [3.05, 3.63) is 53.1 Å². The highest BCUT2D eigenvalue weighted by Crippen LogP contribution is 2.41. The lowest BCUT2D eigenvalue weighted by atomic mass is 10.0. The summed E-state index contributed by atoms with van der Waals surface area (Å²) >= 11 is 1.82. The molecule has 2 heterocycles. The molecule has 6 heteroatoms. The summed E-state index contributed by atoms with van der Waals surface area (Å²) in [5, 5.41) is 13.0. The zero-order valence-electron chi connectivity index (χ0n) is 16.9. The number of benzene rings is 2. The monoisotopic (exact) mass is 399 g/mol. The number of aliphatic hydroxyl groups is 1. The van der Waals surface area contributed by atoms with Crippen LogP contribution in [0.25, 0.3) is 0 Å². The van der Waals surface area contributed by atoms with Gasteiger partial charge in [0, 0.05) is 11.3 Å². The lowest BCUT2D eigenvalue weighted by Crippen LogP contribution is -2.41. The summed E-state index contributed by atoms with van der Waals surface area (Å²) < 4.78 is 13.0. The van der Waals surface area contributed by atoms with Crippen molar-refractivity contribution in [1.29, 1.82) is 0 Å². The van der Waals surface area contributed by atoms with Crippen LogP contribution >= 0.6 is 11.8 Å². The van der Waals surface area contributed by atoms with Crippen molar-refractivity contribution in [2.75, 3.05) is 38.0 Å². The van der Waals surface area contributed by atoms with Crippen molar-refractivity contribution in [2.45, 2.75) is 26.0 Å². The number of thioether (sulfide) groups is 1. The number of nitrogens with zero attached hydrogens (tertiary/aromatic N) is 2. The Hall–Kier alpha value is -2.18. The van der Waals surface area contributed by atoms with Crippen molar-refractivity contribution in [2.24, 2.45) is 0 Å². The van der Waals surface area contributed by atoms with Crippen LogP contribution in [0.5, 0.6) is 11.5 Å². The Morgan fingerprint density at radius 3 is 2.61 bits per heavy atom. The molecule has 0 saturated carbocycles. The van der Waals surface area contributed by atoms with Gasteiger partial charge in [-0.2, -0.15) is 0 Å². The summed E-state index contributed by atoms with van der Waals surface area (Å²) in [4.78, 5) is 2.27. The Kier molecular flexibility index (Phi) is 5.02. The third kappa shape index (κ3) is 3.05. The largest absolute Gasteiger partial charge is 0.493 e. The molecule has 2 aliphatic heterocycles. The van der Waals surface area contributed by atoms with Crippen molar-refractivity contribution in [1.82, 2.24) is 0 Å². The van der Waals surface area contributed by atoms with Crippen LogP contribution in [0.3, 0.4) is 0 Å². The molecule has 2 aliphatic rings. The van der Waals surface area contributed by atoms with Crippen molar-refractivity contribution in [3.63, 3.8) is 0 Å². The predicted molar refractivity (Wildman–Crippen MR) is 114 cm³/mol. The van der Waals surface area contributed by atoms with Crippen LogP contribution in [0.1, 0.15) is 23.1 Å². The molecule has 1 atom stereocenters. The molecule has 0 unspecified atom stereocenters. The molecular formula is C22H27N2O3S+. The average molecular weight is 400 g/mol. The SMILES string of the molecule is COc1ccc([C@@]2(O)CN(c3cc(C)ccc3C)C3=[N+]2CCCS3)cc1OC. The molecule has 28 heavy (non-hydrogen) atoms. The summed E-state index contributed by atoms with van der Waals surface area (Å²) in [5.74, 6) is 2.36. The number of amidine groups is 1. The first kappa shape index (κ1) is 19.2. The van der Waals surface area contributed by atoms with E-state index in [1.165, 1.54) is 11.1 Å². The number of hydrogen-bond acceptors (Lipinski definition) is 5. The van der Waals surface area contributed by atoms with Gasteiger partial charge >= 0.3 is 5.17 Å². The molecule has 0 radical (unpaired) electrons. The molecule has 0 amide bonds. The van der Waals surface area contributed by atoms with Gasteiger partial charge in [0.05, 0.1) is 20.8 Å². The lowest BCUT2D eigenvalue weighted by molar-refractivity contribution is -0.656. The predicted octanol–water partition coefficient (Wildman–Crippen LogP) is 3.49. The van der Waals surface area contributed by atoms with E-state index in [4.69, 9.17) is 9.47 Å². The van der Waals surface area contributed by atoms with E-state index < -0.39 is 5.72 Å². The highest BCUT2D eigenvalue weighted by atomic mass is 32.2. The first-order chi connectivity index (χ1) is 13.5. The molecule has 1 N–H and O–H groups in total. The van der Waals surface area contributed by atoms with Gasteiger partial charge in [0.2, 0.25) is 0 Å². The molecule has 0 fully saturated rings. The van der Waals surface area contributed by atoms with E-state index in [2.05, 4.69) is 41.5 Å². The van der Waals surface area contributed by atoms with Crippen LogP contribution in [0, 0.1) is 13.8 Å². The fourth-order valence-corrected chi connectivity index (χ4v) is 5.20. The van der Waals surface area contributed by atoms with E-state index in [0.717, 1.165) is 35.1 Å². The minimum Gasteiger partial charge on any atom is -0.493 e. The van der Waals surface area contributed by atoms with Crippen LogP contribution < -0.4 is 14.4 Å². The highest BCUT2D eigenvalue weighted by molar-refractivity contribution is 8.13. The Morgan fingerprint density at radius 2 is 1.86 bits per heavy atom. The zero-order valence-corrected chi connectivity index (χ0v) is 17.7. The molecule has 0 bridgehead atoms. The van der Waals surface area contributed by atoms with Gasteiger partial charge in [0.15, 0.2) is 18.0 Å². The quantitative estimate of drug-likeness (QED) is 0.798. The lowest BCUT2D eigenvalue weighted by Gasteiger charge is -2.25. The molecule has 2 aromatic rings. The van der Waals surface area contributed by atoms with Gasteiger partial charge < -0.3 is 14.6 Å². The molecule has 2 aromatic carbocycles. The molecule has 0 saturated heterocycles. The van der Waals surface area contributed by atoms with E-state index in [1.807, 2.05) is 30.0 Å². The van der Waals surface area contributed by atoms with Gasteiger partial charge in [0.25, 0.3) is 5.72 Å². The summed E-state index contributed by atoms with van der Waals surface area (Å²) in [6.45, 7) is 5.54. The minimum atomic E-state index is -1.11. The molecule has 5 nitrogen and oxygen atoms in total. The summed E-state index contributed by atoms with van der Waals surface area (Å²) in [7, 11) is 3.24. The number of ether oxygens (including phenoxy) is 2. The topological polar surface area (TPSA) is 44.9 Å². The van der Waals surface area contributed by atoms with Gasteiger partial charge in [-0.05, 0) is 67.4 Å². The molecule has 0 aromatic heterocycles. The number of β-amino-alcohol motifs (C(OH)–C–C–N with tert-alkyl or cyclic N) is 1. The Morgan fingerprint density at radius 1 is 1.07 bits per heavy atom. The fraction of sp³-hybridized carbons (Fsp3) is 0.409. The average Bonchev–Trinajstić information content (AvgIpc) is 3.03. The van der Waals surface area contributed by atoms with Crippen LogP contribution in [0.4, 0.5) is 5.69 Å². The maximum atomic E-state index is 11.9. The third-order valence-corrected chi connectivity index (χ3v) is 6.74. The van der Waals surface area contributed by atoms with Gasteiger partial charge in [0.1, 0.15) is 5.69 Å². The van der Waals surface area contributed by atoms with E-state index in [0.29, 0.717) is 18.0 Å². The first-order valence-electron chi connectivity index (χ1n) is 9.55. The van der Waals surface area contributed by atoms with Crippen LogP contribution in [0.15, 0.2) is 36.4 Å². The number of methoxy groups -OCH3 is 2. The first-order valence-corrected chi connectivity index (χ1v) is 10.5. The smallest absolute Gasteiger partial charge is 0.316 e. The maximum absolute atomic E-state index is 11.9. The Bertz CT molecular complexity index is 943. The van der Waals surface area contributed by atoms with Gasteiger partial charge in [-0.15, -0.1) is 0 Å². The molecule has 0 aliphatic carbocycles. The number of anilines is 1. The van der Waals surface area contributed by atoms with Crippen molar-refractivity contribution in [3.8, 4) is 11.5 Å². The second kappa shape index (κ2) is 7.33. The van der Waals surface area contributed by atoms with Crippen molar-refractivity contribution < 1.29 is 19.2 Å². The van der Waals surface area contributed by atoms with Gasteiger partial charge in [-0.25, -0.2) is 9.48 Å². The van der Waals surface area contributed by atoms with Crippen LogP contribution in [-0.2, 0) is 5.72 Å². The van der Waals surface area contributed by atoms with E-state index in [-0.39, 0.29) is 0 Å². The number of aryl methyl sites for hydroxylation is 2. The molecule has 4 rings (SSSR count). The number of rotatable bonds is 4. The van der Waals surface area contributed by atoms with Crippen molar-refractivity contribution >= 4 is 22.6 Å². The fourth-order valence-electron chi connectivity index (χ4n) is 4.03. The maximum Gasteiger partial charge on any atom is 0.316 e. The second-order valence-electron chi connectivity index (χ2n) is 7.40. The van der Waals surface area contributed by atoms with Gasteiger partial charge in [-0.1, -0.05) is 12.1 Å².